The summed E-state index contributed by atoms with van der Waals surface area (Å²) in [6, 6.07) is 17.1. The maximum atomic E-state index is 13.1. The van der Waals surface area contributed by atoms with Gasteiger partial charge >= 0.3 is 12.3 Å². The van der Waals surface area contributed by atoms with Gasteiger partial charge in [-0.15, -0.1) is 0 Å². The summed E-state index contributed by atoms with van der Waals surface area (Å²) in [5.41, 5.74) is 3.91. The van der Waals surface area contributed by atoms with Crippen molar-refractivity contribution in [2.75, 3.05) is 20.3 Å². The number of alkyl carbamates (subject to hydrolysis) is 1. The lowest BCUT2D eigenvalue weighted by Crippen LogP contribution is -2.26. The summed E-state index contributed by atoms with van der Waals surface area (Å²) in [5, 5.41) is 2.67. The third-order valence-corrected chi connectivity index (χ3v) is 5.61. The van der Waals surface area contributed by atoms with E-state index in [0.29, 0.717) is 6.42 Å². The van der Waals surface area contributed by atoms with Gasteiger partial charge in [-0.25, -0.2) is 9.78 Å². The van der Waals surface area contributed by atoms with Gasteiger partial charge in [0.15, 0.2) is 0 Å². The minimum atomic E-state index is -4.56. The number of halogens is 3. The third-order valence-electron chi connectivity index (χ3n) is 5.61. The summed E-state index contributed by atoms with van der Waals surface area (Å²) < 4.78 is 49.4. The van der Waals surface area contributed by atoms with Gasteiger partial charge in [-0.3, -0.25) is 0 Å². The molecule has 176 valence electrons. The molecular formula is C26H23F3N2O3. The van der Waals surface area contributed by atoms with Crippen LogP contribution in [0.2, 0.25) is 0 Å². The summed E-state index contributed by atoms with van der Waals surface area (Å²) in [7, 11) is 1.14. The van der Waals surface area contributed by atoms with Gasteiger partial charge < -0.3 is 14.8 Å². The first-order chi connectivity index (χ1) is 16.4. The van der Waals surface area contributed by atoms with Crippen molar-refractivity contribution in [2.45, 2.75) is 18.5 Å². The summed E-state index contributed by atoms with van der Waals surface area (Å²) >= 11 is 0. The summed E-state index contributed by atoms with van der Waals surface area (Å²) in [6.07, 6.45) is -0.218. The molecule has 4 rings (SSSR count). The Morgan fingerprint density at radius 2 is 1.74 bits per heavy atom. The minimum Gasteiger partial charge on any atom is -0.481 e. The Bertz CT molecular complexity index is 1160. The molecule has 8 heteroatoms. The Balaban J connectivity index is 1.28. The van der Waals surface area contributed by atoms with Gasteiger partial charge in [-0.2, -0.15) is 13.2 Å². The number of ether oxygens (including phenoxy) is 2. The Labute approximate surface area is 195 Å². The fourth-order valence-corrected chi connectivity index (χ4v) is 4.05. The number of fused-ring (bicyclic) bond motifs is 3. The summed E-state index contributed by atoms with van der Waals surface area (Å²) in [6.45, 7) is 0.496. The summed E-state index contributed by atoms with van der Waals surface area (Å²) in [5.74, 6) is -0.495. The highest BCUT2D eigenvalue weighted by Gasteiger charge is 2.35. The first-order valence-corrected chi connectivity index (χ1v) is 10.7. The van der Waals surface area contributed by atoms with Crippen LogP contribution in [0.5, 0.6) is 5.88 Å². The molecule has 1 amide bonds. The van der Waals surface area contributed by atoms with Crippen LogP contribution in [0.25, 0.3) is 17.2 Å². The predicted molar refractivity (Wildman–Crippen MR) is 123 cm³/mol. The Morgan fingerprint density at radius 1 is 1.09 bits per heavy atom. The van der Waals surface area contributed by atoms with Crippen LogP contribution in [0.15, 0.2) is 66.9 Å². The monoisotopic (exact) mass is 468 g/mol. The number of hydrogen-bond acceptors (Lipinski definition) is 4. The Hall–Kier alpha value is -3.81. The van der Waals surface area contributed by atoms with Crippen molar-refractivity contribution in [1.82, 2.24) is 10.3 Å². The van der Waals surface area contributed by atoms with E-state index in [9.17, 15) is 18.0 Å². The van der Waals surface area contributed by atoms with Crippen LogP contribution in [-0.2, 0) is 10.9 Å². The van der Waals surface area contributed by atoms with E-state index in [-0.39, 0.29) is 24.6 Å². The molecule has 0 unspecified atom stereocenters. The van der Waals surface area contributed by atoms with Crippen molar-refractivity contribution in [2.24, 2.45) is 0 Å². The zero-order valence-electron chi connectivity index (χ0n) is 18.4. The van der Waals surface area contributed by atoms with Crippen molar-refractivity contribution < 1.29 is 27.4 Å². The topological polar surface area (TPSA) is 60.5 Å². The van der Waals surface area contributed by atoms with Crippen LogP contribution in [0.3, 0.4) is 0 Å². The van der Waals surface area contributed by atoms with Gasteiger partial charge in [-0.05, 0) is 40.3 Å². The molecule has 0 saturated heterocycles. The highest BCUT2D eigenvalue weighted by molar-refractivity contribution is 5.79. The van der Waals surface area contributed by atoms with Gasteiger partial charge in [0.2, 0.25) is 5.88 Å². The highest BCUT2D eigenvalue weighted by Crippen LogP contribution is 2.44. The highest BCUT2D eigenvalue weighted by atomic mass is 19.4. The SMILES string of the molecule is COc1ncc(C=CCCNC(=O)OCC2c3ccccc3-c3ccccc32)cc1C(F)(F)F. The van der Waals surface area contributed by atoms with E-state index >= 15 is 0 Å². The third kappa shape index (κ3) is 5.06. The molecule has 1 heterocycles. The minimum absolute atomic E-state index is 0.0246. The number of nitrogens with one attached hydrogen (secondary N) is 1. The van der Waals surface area contributed by atoms with Crippen LogP contribution in [0.4, 0.5) is 18.0 Å². The van der Waals surface area contributed by atoms with Crippen molar-refractivity contribution >= 4 is 12.2 Å². The number of methoxy groups -OCH3 is 1. The lowest BCUT2D eigenvalue weighted by molar-refractivity contribution is -0.139. The zero-order chi connectivity index (χ0) is 24.1. The number of carbonyl (C=O) groups is 1. The van der Waals surface area contributed by atoms with Crippen molar-refractivity contribution in [3.05, 3.63) is 89.1 Å². The molecule has 1 aliphatic rings. The molecule has 34 heavy (non-hydrogen) atoms. The first kappa shape index (κ1) is 23.4. The molecule has 2 aromatic carbocycles. The van der Waals surface area contributed by atoms with E-state index in [1.807, 2.05) is 36.4 Å². The molecule has 0 atom stereocenters. The van der Waals surface area contributed by atoms with Crippen molar-refractivity contribution in [3.63, 3.8) is 0 Å². The predicted octanol–water partition coefficient (Wildman–Crippen LogP) is 6.05. The lowest BCUT2D eigenvalue weighted by atomic mass is 9.98. The van der Waals surface area contributed by atoms with Gasteiger partial charge in [0, 0.05) is 18.7 Å². The largest absolute Gasteiger partial charge is 0.481 e. The van der Waals surface area contributed by atoms with Crippen molar-refractivity contribution in [3.8, 4) is 17.0 Å². The van der Waals surface area contributed by atoms with E-state index in [1.165, 1.54) is 12.3 Å². The second kappa shape index (κ2) is 9.99. The number of hydrogen-bond donors (Lipinski definition) is 1. The lowest BCUT2D eigenvalue weighted by Gasteiger charge is -2.14. The molecule has 3 aromatic rings. The summed E-state index contributed by atoms with van der Waals surface area (Å²) in [4.78, 5) is 15.9. The Kier molecular flexibility index (Phi) is 6.86. The molecule has 0 radical (unpaired) electrons. The number of benzene rings is 2. The van der Waals surface area contributed by atoms with E-state index in [2.05, 4.69) is 27.2 Å². The number of rotatable bonds is 7. The normalized spacial score (nSPS) is 12.9. The molecule has 1 aromatic heterocycles. The maximum absolute atomic E-state index is 13.1. The van der Waals surface area contributed by atoms with Crippen LogP contribution < -0.4 is 10.1 Å². The van der Waals surface area contributed by atoms with E-state index < -0.39 is 23.7 Å². The van der Waals surface area contributed by atoms with E-state index in [1.54, 1.807) is 6.08 Å². The van der Waals surface area contributed by atoms with E-state index in [4.69, 9.17) is 4.74 Å². The fraction of sp³-hybridized carbons (Fsp3) is 0.231. The van der Waals surface area contributed by atoms with E-state index in [0.717, 1.165) is 35.4 Å². The average Bonchev–Trinajstić information content (AvgIpc) is 3.15. The maximum Gasteiger partial charge on any atom is 0.421 e. The number of carbonyl (C=O) groups excluding carboxylic acids is 1. The number of alkyl halides is 3. The quantitative estimate of drug-likeness (QED) is 0.429. The molecular weight excluding hydrogens is 445 g/mol. The van der Waals surface area contributed by atoms with Gasteiger partial charge in [0.1, 0.15) is 12.2 Å². The Morgan fingerprint density at radius 3 is 2.35 bits per heavy atom. The molecule has 0 saturated carbocycles. The van der Waals surface area contributed by atoms with Gasteiger partial charge in [0.25, 0.3) is 0 Å². The fourth-order valence-electron chi connectivity index (χ4n) is 4.05. The van der Waals surface area contributed by atoms with Gasteiger partial charge in [0.05, 0.1) is 7.11 Å². The van der Waals surface area contributed by atoms with Crippen LogP contribution >= 0.6 is 0 Å². The molecule has 0 bridgehead atoms. The average molecular weight is 468 g/mol. The zero-order valence-corrected chi connectivity index (χ0v) is 18.4. The van der Waals surface area contributed by atoms with Crippen molar-refractivity contribution in [1.29, 1.82) is 0 Å². The molecule has 5 nitrogen and oxygen atoms in total. The molecule has 0 spiro atoms. The number of aromatic nitrogens is 1. The number of pyridine rings is 1. The first-order valence-electron chi connectivity index (χ1n) is 10.7. The second-order valence-corrected chi connectivity index (χ2v) is 7.77. The smallest absolute Gasteiger partial charge is 0.421 e. The molecule has 0 aliphatic heterocycles. The molecule has 1 N–H and O–H groups in total. The standard InChI is InChI=1S/C26H23F3N2O3/c1-33-24-23(26(27,28)29)14-17(15-31-24)8-6-7-13-30-25(32)34-16-22-20-11-4-2-9-18(20)19-10-3-5-12-21(19)22/h2-6,8-12,14-15,22H,7,13,16H2,1H3,(H,30,32). The van der Waals surface area contributed by atoms with Gasteiger partial charge in [-0.1, -0.05) is 60.7 Å². The molecule has 0 fully saturated rings. The molecule has 1 aliphatic carbocycles. The second-order valence-electron chi connectivity index (χ2n) is 7.77. The number of nitrogens with zero attached hydrogens (tertiary/aromatic N) is 1. The number of amides is 1. The van der Waals surface area contributed by atoms with Crippen LogP contribution in [0, 0.1) is 0 Å². The van der Waals surface area contributed by atoms with Crippen LogP contribution in [-0.4, -0.2) is 31.3 Å². The van der Waals surface area contributed by atoms with Crippen LogP contribution in [0.1, 0.15) is 34.6 Å².